The van der Waals surface area contributed by atoms with Crippen LogP contribution in [0, 0.1) is 0 Å². The van der Waals surface area contributed by atoms with Crippen LogP contribution in [0.4, 0.5) is 13.2 Å². The molecule has 0 saturated carbocycles. The Labute approximate surface area is 65.9 Å². The summed E-state index contributed by atoms with van der Waals surface area (Å²) in [4.78, 5) is 0. The summed E-state index contributed by atoms with van der Waals surface area (Å²) in [5.41, 5.74) is 0. The van der Waals surface area contributed by atoms with Crippen LogP contribution < -0.4 is 0 Å². The third-order valence-electron chi connectivity index (χ3n) is 1.56. The van der Waals surface area contributed by atoms with Crippen molar-refractivity contribution in [3.8, 4) is 0 Å². The summed E-state index contributed by atoms with van der Waals surface area (Å²) >= 11 is 0. The van der Waals surface area contributed by atoms with E-state index in [1.165, 1.54) is 6.07 Å². The van der Waals surface area contributed by atoms with E-state index in [0.29, 0.717) is 6.61 Å². The fraction of sp³-hybridized carbons (Fsp3) is 0.429. The van der Waals surface area contributed by atoms with Crippen molar-refractivity contribution in [2.75, 3.05) is 6.61 Å². The van der Waals surface area contributed by atoms with Crippen LogP contribution in [0.25, 0.3) is 0 Å². The first kappa shape index (κ1) is 7.67. The standard InChI is InChI=1S/C7H5F3O2/c8-7(9,10)6-2-1-4(12-6)5-3-11-5/h1-2,5H,3H2. The molecule has 0 N–H and O–H groups in total. The molecule has 2 rings (SSSR count). The third kappa shape index (κ3) is 1.32. The normalized spacial score (nSPS) is 22.8. The minimum Gasteiger partial charge on any atom is -0.454 e. The fourth-order valence-corrected chi connectivity index (χ4v) is 0.891. The first-order valence-electron chi connectivity index (χ1n) is 3.36. The molecule has 2 heterocycles. The number of halogens is 3. The van der Waals surface area contributed by atoms with Crippen LogP contribution >= 0.6 is 0 Å². The molecule has 1 aromatic rings. The lowest BCUT2D eigenvalue weighted by molar-refractivity contribution is -0.153. The Balaban J connectivity index is 2.23. The largest absolute Gasteiger partial charge is 0.454 e. The smallest absolute Gasteiger partial charge is 0.449 e. The van der Waals surface area contributed by atoms with Crippen LogP contribution in [-0.4, -0.2) is 6.61 Å². The zero-order valence-electron chi connectivity index (χ0n) is 5.89. The Morgan fingerprint density at radius 1 is 1.33 bits per heavy atom. The average Bonchev–Trinajstić information content (AvgIpc) is 2.66. The molecular formula is C7H5F3O2. The quantitative estimate of drug-likeness (QED) is 0.617. The van der Waals surface area contributed by atoms with Gasteiger partial charge >= 0.3 is 6.18 Å². The second kappa shape index (κ2) is 2.26. The highest BCUT2D eigenvalue weighted by Crippen LogP contribution is 2.36. The van der Waals surface area contributed by atoms with Gasteiger partial charge in [0, 0.05) is 0 Å². The van der Waals surface area contributed by atoms with Gasteiger partial charge in [0.05, 0.1) is 6.61 Å². The lowest BCUT2D eigenvalue weighted by Crippen LogP contribution is -2.02. The predicted octanol–water partition coefficient (Wildman–Crippen LogP) is 2.37. The highest BCUT2D eigenvalue weighted by atomic mass is 19.4. The molecule has 0 bridgehead atoms. The Morgan fingerprint density at radius 3 is 2.42 bits per heavy atom. The highest BCUT2D eigenvalue weighted by molar-refractivity contribution is 5.13. The maximum atomic E-state index is 12.0. The van der Waals surface area contributed by atoms with Crippen molar-refractivity contribution in [1.82, 2.24) is 0 Å². The molecule has 1 aliphatic rings. The molecule has 0 aliphatic carbocycles. The van der Waals surface area contributed by atoms with E-state index in [0.717, 1.165) is 6.07 Å². The third-order valence-corrected chi connectivity index (χ3v) is 1.56. The van der Waals surface area contributed by atoms with Gasteiger partial charge in [0.25, 0.3) is 0 Å². The number of hydrogen-bond donors (Lipinski definition) is 0. The molecule has 1 aromatic heterocycles. The summed E-state index contributed by atoms with van der Waals surface area (Å²) < 4.78 is 45.1. The van der Waals surface area contributed by atoms with Crippen molar-refractivity contribution >= 4 is 0 Å². The lowest BCUT2D eigenvalue weighted by Gasteiger charge is -1.99. The molecule has 2 nitrogen and oxygen atoms in total. The second-order valence-electron chi connectivity index (χ2n) is 2.52. The van der Waals surface area contributed by atoms with E-state index in [-0.39, 0.29) is 11.9 Å². The minimum atomic E-state index is -4.40. The highest BCUT2D eigenvalue weighted by Gasteiger charge is 2.37. The SMILES string of the molecule is FC(F)(F)c1ccc(C2CO2)o1. The molecule has 1 unspecified atom stereocenters. The van der Waals surface area contributed by atoms with Gasteiger partial charge in [-0.3, -0.25) is 0 Å². The predicted molar refractivity (Wildman–Crippen MR) is 32.4 cm³/mol. The molecule has 1 aliphatic heterocycles. The summed E-state index contributed by atoms with van der Waals surface area (Å²) in [6.07, 6.45) is -4.66. The van der Waals surface area contributed by atoms with Crippen LogP contribution in [0.15, 0.2) is 16.5 Å². The van der Waals surface area contributed by atoms with E-state index < -0.39 is 11.9 Å². The van der Waals surface area contributed by atoms with Crippen LogP contribution in [0.3, 0.4) is 0 Å². The molecule has 66 valence electrons. The summed E-state index contributed by atoms with van der Waals surface area (Å²) in [5.74, 6) is -0.713. The summed E-state index contributed by atoms with van der Waals surface area (Å²) in [6, 6.07) is 2.21. The first-order valence-corrected chi connectivity index (χ1v) is 3.36. The minimum absolute atomic E-state index is 0.252. The van der Waals surface area contributed by atoms with Crippen molar-refractivity contribution in [3.05, 3.63) is 23.7 Å². The topological polar surface area (TPSA) is 25.7 Å². The molecule has 5 heteroatoms. The van der Waals surface area contributed by atoms with E-state index >= 15 is 0 Å². The number of hydrogen-bond acceptors (Lipinski definition) is 2. The van der Waals surface area contributed by atoms with Crippen molar-refractivity contribution in [2.24, 2.45) is 0 Å². The zero-order chi connectivity index (χ0) is 8.77. The van der Waals surface area contributed by atoms with Gasteiger partial charge in [0.1, 0.15) is 11.9 Å². The van der Waals surface area contributed by atoms with Gasteiger partial charge in [-0.05, 0) is 12.1 Å². The number of rotatable bonds is 1. The van der Waals surface area contributed by atoms with Gasteiger partial charge in [-0.15, -0.1) is 0 Å². The molecule has 12 heavy (non-hydrogen) atoms. The van der Waals surface area contributed by atoms with Crippen LogP contribution in [0.2, 0.25) is 0 Å². The van der Waals surface area contributed by atoms with Gasteiger partial charge in [-0.2, -0.15) is 13.2 Å². The fourth-order valence-electron chi connectivity index (χ4n) is 0.891. The van der Waals surface area contributed by atoms with Crippen molar-refractivity contribution < 1.29 is 22.3 Å². The molecule has 1 saturated heterocycles. The van der Waals surface area contributed by atoms with Crippen molar-refractivity contribution in [3.63, 3.8) is 0 Å². The molecule has 1 fully saturated rings. The Morgan fingerprint density at radius 2 is 2.00 bits per heavy atom. The molecule has 1 atom stereocenters. The van der Waals surface area contributed by atoms with E-state index in [1.807, 2.05) is 0 Å². The van der Waals surface area contributed by atoms with Crippen LogP contribution in [0.5, 0.6) is 0 Å². The molecule has 0 amide bonds. The van der Waals surface area contributed by atoms with Crippen molar-refractivity contribution in [2.45, 2.75) is 12.3 Å². The van der Waals surface area contributed by atoms with Gasteiger partial charge in [0.2, 0.25) is 5.76 Å². The first-order chi connectivity index (χ1) is 5.57. The molecule has 0 spiro atoms. The number of furan rings is 1. The summed E-state index contributed by atoms with van der Waals surface area (Å²) in [6.45, 7) is 0.449. The Hall–Kier alpha value is -0.970. The number of alkyl halides is 3. The van der Waals surface area contributed by atoms with E-state index in [1.54, 1.807) is 0 Å². The van der Waals surface area contributed by atoms with Gasteiger partial charge < -0.3 is 9.15 Å². The maximum absolute atomic E-state index is 12.0. The van der Waals surface area contributed by atoms with E-state index in [9.17, 15) is 13.2 Å². The summed E-state index contributed by atoms with van der Waals surface area (Å²) in [7, 11) is 0. The van der Waals surface area contributed by atoms with E-state index in [2.05, 4.69) is 4.42 Å². The van der Waals surface area contributed by atoms with E-state index in [4.69, 9.17) is 4.74 Å². The lowest BCUT2D eigenvalue weighted by atomic mass is 10.3. The van der Waals surface area contributed by atoms with Gasteiger partial charge in [-0.25, -0.2) is 0 Å². The molecule has 0 radical (unpaired) electrons. The Kier molecular flexibility index (Phi) is 1.44. The van der Waals surface area contributed by atoms with Gasteiger partial charge in [-0.1, -0.05) is 0 Å². The van der Waals surface area contributed by atoms with Crippen LogP contribution in [0.1, 0.15) is 17.6 Å². The zero-order valence-corrected chi connectivity index (χ0v) is 5.89. The average molecular weight is 178 g/mol. The molecular weight excluding hydrogens is 173 g/mol. The maximum Gasteiger partial charge on any atom is 0.449 e. The molecule has 0 aromatic carbocycles. The van der Waals surface area contributed by atoms with Gasteiger partial charge in [0.15, 0.2) is 0 Å². The monoisotopic (exact) mass is 178 g/mol. The van der Waals surface area contributed by atoms with Crippen LogP contribution in [-0.2, 0) is 10.9 Å². The second-order valence-corrected chi connectivity index (χ2v) is 2.52. The summed E-state index contributed by atoms with van der Waals surface area (Å²) in [5, 5.41) is 0. The number of epoxide rings is 1. The van der Waals surface area contributed by atoms with Crippen molar-refractivity contribution in [1.29, 1.82) is 0 Å². The Bertz CT molecular complexity index is 285. The number of ether oxygens (including phenoxy) is 1.